The van der Waals surface area contributed by atoms with E-state index in [1.54, 1.807) is 0 Å². The summed E-state index contributed by atoms with van der Waals surface area (Å²) in [6.07, 6.45) is 7.86. The maximum absolute atomic E-state index is 5.69. The molecule has 2 saturated heterocycles. The van der Waals surface area contributed by atoms with Gasteiger partial charge >= 0.3 is 0 Å². The third-order valence-corrected chi connectivity index (χ3v) is 4.35. The number of hydrogen-bond donors (Lipinski definition) is 1. The summed E-state index contributed by atoms with van der Waals surface area (Å²) in [5.74, 6) is 0.486. The van der Waals surface area contributed by atoms with Gasteiger partial charge in [0.2, 0.25) is 0 Å². The summed E-state index contributed by atoms with van der Waals surface area (Å²) < 4.78 is 5.64. The van der Waals surface area contributed by atoms with Crippen molar-refractivity contribution < 1.29 is 4.74 Å². The Balaban J connectivity index is 1.56. The maximum Gasteiger partial charge on any atom is 0.0759 e. The second-order valence-electron chi connectivity index (χ2n) is 5.30. The number of likely N-dealkylation sites (tertiary alicyclic amines) is 1. The lowest BCUT2D eigenvalue weighted by Gasteiger charge is -2.31. The van der Waals surface area contributed by atoms with Crippen molar-refractivity contribution in [3.63, 3.8) is 0 Å². The number of rotatable bonds is 5. The largest absolute Gasteiger partial charge is 0.393 e. The SMILES string of the molecule is NC(=S)C1CCN(CCCC2CCCO2)CC1. The van der Waals surface area contributed by atoms with E-state index in [-0.39, 0.29) is 0 Å². The Bertz CT molecular complexity index is 246. The zero-order chi connectivity index (χ0) is 12.1. The van der Waals surface area contributed by atoms with Gasteiger partial charge in [0.1, 0.15) is 0 Å². The van der Waals surface area contributed by atoms with E-state index in [0.717, 1.165) is 32.5 Å². The molecule has 2 N–H and O–H groups in total. The van der Waals surface area contributed by atoms with Crippen LogP contribution in [0.25, 0.3) is 0 Å². The summed E-state index contributed by atoms with van der Waals surface area (Å²) in [6, 6.07) is 0. The quantitative estimate of drug-likeness (QED) is 0.763. The highest BCUT2D eigenvalue weighted by atomic mass is 32.1. The van der Waals surface area contributed by atoms with E-state index in [1.165, 1.54) is 32.2 Å². The molecule has 0 bridgehead atoms. The lowest BCUT2D eigenvalue weighted by atomic mass is 9.96. The lowest BCUT2D eigenvalue weighted by molar-refractivity contribution is 0.0970. The third kappa shape index (κ3) is 4.19. The molecule has 0 saturated carbocycles. The van der Waals surface area contributed by atoms with Gasteiger partial charge in [0.15, 0.2) is 0 Å². The topological polar surface area (TPSA) is 38.5 Å². The van der Waals surface area contributed by atoms with Crippen molar-refractivity contribution in [1.82, 2.24) is 4.90 Å². The van der Waals surface area contributed by atoms with Gasteiger partial charge in [-0.15, -0.1) is 0 Å². The minimum Gasteiger partial charge on any atom is -0.393 e. The van der Waals surface area contributed by atoms with Crippen LogP contribution in [-0.2, 0) is 4.74 Å². The molecule has 2 aliphatic rings. The van der Waals surface area contributed by atoms with E-state index < -0.39 is 0 Å². The standard InChI is InChI=1S/C13H24N2OS/c14-13(17)11-5-8-15(9-6-11)7-1-3-12-4-2-10-16-12/h11-12H,1-10H2,(H2,14,17). The monoisotopic (exact) mass is 256 g/mol. The summed E-state index contributed by atoms with van der Waals surface area (Å²) in [5.41, 5.74) is 5.69. The number of nitrogens with zero attached hydrogens (tertiary/aromatic N) is 1. The smallest absolute Gasteiger partial charge is 0.0759 e. The molecule has 0 aromatic carbocycles. The predicted octanol–water partition coefficient (Wildman–Crippen LogP) is 1.94. The summed E-state index contributed by atoms with van der Waals surface area (Å²) in [7, 11) is 0. The van der Waals surface area contributed by atoms with Crippen molar-refractivity contribution in [2.75, 3.05) is 26.2 Å². The molecule has 17 heavy (non-hydrogen) atoms. The predicted molar refractivity (Wildman–Crippen MR) is 74.2 cm³/mol. The van der Waals surface area contributed by atoms with Crippen molar-refractivity contribution in [2.45, 2.75) is 44.6 Å². The summed E-state index contributed by atoms with van der Waals surface area (Å²) in [6.45, 7) is 4.51. The van der Waals surface area contributed by atoms with Gasteiger partial charge in [-0.25, -0.2) is 0 Å². The lowest BCUT2D eigenvalue weighted by Crippen LogP contribution is -2.38. The normalized spacial score (nSPS) is 27.4. The van der Waals surface area contributed by atoms with E-state index in [2.05, 4.69) is 4.90 Å². The molecule has 2 aliphatic heterocycles. The van der Waals surface area contributed by atoms with Crippen LogP contribution in [0.3, 0.4) is 0 Å². The Hall–Kier alpha value is -0.190. The van der Waals surface area contributed by atoms with Gasteiger partial charge in [0, 0.05) is 12.5 Å². The van der Waals surface area contributed by atoms with E-state index in [0.29, 0.717) is 17.0 Å². The van der Waals surface area contributed by atoms with Crippen LogP contribution in [-0.4, -0.2) is 42.2 Å². The van der Waals surface area contributed by atoms with Crippen molar-refractivity contribution in [3.05, 3.63) is 0 Å². The van der Waals surface area contributed by atoms with Crippen LogP contribution in [0.2, 0.25) is 0 Å². The van der Waals surface area contributed by atoms with Gasteiger partial charge < -0.3 is 15.4 Å². The molecular formula is C13H24N2OS. The van der Waals surface area contributed by atoms with Crippen molar-refractivity contribution in [1.29, 1.82) is 0 Å². The van der Waals surface area contributed by atoms with Crippen molar-refractivity contribution >= 4 is 17.2 Å². The molecule has 1 unspecified atom stereocenters. The molecule has 0 radical (unpaired) electrons. The highest BCUT2D eigenvalue weighted by Gasteiger charge is 2.21. The minimum atomic E-state index is 0.486. The fourth-order valence-corrected chi connectivity index (χ4v) is 3.09. The third-order valence-electron chi connectivity index (χ3n) is 4.01. The van der Waals surface area contributed by atoms with Crippen LogP contribution in [0.1, 0.15) is 38.5 Å². The van der Waals surface area contributed by atoms with Gasteiger partial charge in [-0.2, -0.15) is 0 Å². The molecule has 1 atom stereocenters. The minimum absolute atomic E-state index is 0.486. The number of hydrogen-bond acceptors (Lipinski definition) is 3. The van der Waals surface area contributed by atoms with Crippen LogP contribution in [0.15, 0.2) is 0 Å². The first-order valence-electron chi connectivity index (χ1n) is 6.89. The number of thiocarbonyl (C=S) groups is 1. The average molecular weight is 256 g/mol. The van der Waals surface area contributed by atoms with Crippen molar-refractivity contribution in [2.24, 2.45) is 11.7 Å². The first kappa shape index (κ1) is 13.2. The molecule has 4 heteroatoms. The molecule has 2 fully saturated rings. The van der Waals surface area contributed by atoms with Gasteiger partial charge in [-0.3, -0.25) is 0 Å². The molecule has 0 amide bonds. The van der Waals surface area contributed by atoms with Gasteiger partial charge in [-0.05, 0) is 58.2 Å². The van der Waals surface area contributed by atoms with E-state index in [9.17, 15) is 0 Å². The second kappa shape index (κ2) is 6.66. The Morgan fingerprint density at radius 1 is 1.29 bits per heavy atom. The fraction of sp³-hybridized carbons (Fsp3) is 0.923. The fourth-order valence-electron chi connectivity index (χ4n) is 2.86. The van der Waals surface area contributed by atoms with E-state index in [4.69, 9.17) is 22.7 Å². The Kier molecular flexibility index (Phi) is 5.19. The Morgan fingerprint density at radius 2 is 2.06 bits per heavy atom. The van der Waals surface area contributed by atoms with Crippen LogP contribution in [0.4, 0.5) is 0 Å². The number of piperidine rings is 1. The maximum atomic E-state index is 5.69. The van der Waals surface area contributed by atoms with Crippen LogP contribution < -0.4 is 5.73 Å². The van der Waals surface area contributed by atoms with Crippen molar-refractivity contribution in [3.8, 4) is 0 Å². The average Bonchev–Trinajstić information content (AvgIpc) is 2.83. The summed E-state index contributed by atoms with van der Waals surface area (Å²) >= 11 is 5.06. The molecule has 2 rings (SSSR count). The zero-order valence-electron chi connectivity index (χ0n) is 10.6. The highest BCUT2D eigenvalue weighted by molar-refractivity contribution is 7.80. The zero-order valence-corrected chi connectivity index (χ0v) is 11.4. The molecule has 0 aromatic heterocycles. The Morgan fingerprint density at radius 3 is 2.65 bits per heavy atom. The van der Waals surface area contributed by atoms with Gasteiger partial charge in [0.25, 0.3) is 0 Å². The second-order valence-corrected chi connectivity index (χ2v) is 5.77. The molecule has 0 aromatic rings. The molecule has 2 heterocycles. The molecule has 0 spiro atoms. The molecule has 3 nitrogen and oxygen atoms in total. The van der Waals surface area contributed by atoms with Crippen LogP contribution in [0, 0.1) is 5.92 Å². The van der Waals surface area contributed by atoms with E-state index >= 15 is 0 Å². The van der Waals surface area contributed by atoms with Gasteiger partial charge in [0.05, 0.1) is 11.1 Å². The molecule has 98 valence electrons. The van der Waals surface area contributed by atoms with Crippen LogP contribution >= 0.6 is 12.2 Å². The Labute approximate surface area is 110 Å². The molecular weight excluding hydrogens is 232 g/mol. The van der Waals surface area contributed by atoms with Gasteiger partial charge in [-0.1, -0.05) is 12.2 Å². The highest BCUT2D eigenvalue weighted by Crippen LogP contribution is 2.20. The summed E-state index contributed by atoms with van der Waals surface area (Å²) in [5, 5.41) is 0. The molecule has 0 aliphatic carbocycles. The van der Waals surface area contributed by atoms with E-state index in [1.807, 2.05) is 0 Å². The number of nitrogens with two attached hydrogens (primary N) is 1. The first-order chi connectivity index (χ1) is 8.25. The number of ether oxygens (including phenoxy) is 1. The van der Waals surface area contributed by atoms with Crippen LogP contribution in [0.5, 0.6) is 0 Å². The first-order valence-corrected chi connectivity index (χ1v) is 7.30. The summed E-state index contributed by atoms with van der Waals surface area (Å²) in [4.78, 5) is 3.26.